The van der Waals surface area contributed by atoms with E-state index in [4.69, 9.17) is 9.84 Å². The zero-order chi connectivity index (χ0) is 14.3. The molecule has 104 valence electrons. The van der Waals surface area contributed by atoms with E-state index in [1.807, 2.05) is 13.8 Å². The third-order valence-corrected chi connectivity index (χ3v) is 2.60. The molecule has 1 atom stereocenters. The van der Waals surface area contributed by atoms with Gasteiger partial charge in [-0.25, -0.2) is 0 Å². The predicted molar refractivity (Wildman–Crippen MR) is 71.7 cm³/mol. The van der Waals surface area contributed by atoms with Crippen LogP contribution in [0.1, 0.15) is 30.6 Å². The topological polar surface area (TPSA) is 75.6 Å². The molecule has 1 aromatic carbocycles. The number of ketones is 1. The van der Waals surface area contributed by atoms with Gasteiger partial charge >= 0.3 is 5.97 Å². The standard InChI is InChI=1S/C14H19NO4/c1-3-15-12(9-13(16)17)14(18)10-5-7-11(8-6-10)19-4-2/h5-8,12,15H,3-4,9H2,1-2H3,(H,16,17). The lowest BCUT2D eigenvalue weighted by atomic mass is 10.0. The monoisotopic (exact) mass is 265 g/mol. The molecule has 0 saturated carbocycles. The number of carboxylic acid groups (broad SMARTS) is 1. The van der Waals surface area contributed by atoms with E-state index in [9.17, 15) is 9.59 Å². The first-order valence-electron chi connectivity index (χ1n) is 6.30. The highest BCUT2D eigenvalue weighted by Gasteiger charge is 2.21. The second kappa shape index (κ2) is 7.53. The van der Waals surface area contributed by atoms with Crippen LogP contribution in [0.4, 0.5) is 0 Å². The number of rotatable bonds is 8. The van der Waals surface area contributed by atoms with Crippen molar-refractivity contribution in [3.8, 4) is 5.75 Å². The summed E-state index contributed by atoms with van der Waals surface area (Å²) in [6.45, 7) is 4.82. The van der Waals surface area contributed by atoms with E-state index in [2.05, 4.69) is 5.32 Å². The summed E-state index contributed by atoms with van der Waals surface area (Å²) in [4.78, 5) is 22.9. The maximum Gasteiger partial charge on any atom is 0.305 e. The van der Waals surface area contributed by atoms with Crippen LogP contribution in [0.5, 0.6) is 5.75 Å². The number of benzene rings is 1. The zero-order valence-corrected chi connectivity index (χ0v) is 11.2. The Hall–Kier alpha value is -1.88. The molecule has 0 aliphatic heterocycles. The van der Waals surface area contributed by atoms with Crippen LogP contribution in [0.15, 0.2) is 24.3 Å². The first-order chi connectivity index (χ1) is 9.08. The van der Waals surface area contributed by atoms with Crippen molar-refractivity contribution in [3.05, 3.63) is 29.8 Å². The van der Waals surface area contributed by atoms with E-state index in [0.29, 0.717) is 24.5 Å². The summed E-state index contributed by atoms with van der Waals surface area (Å²) in [7, 11) is 0. The average Bonchev–Trinajstić information content (AvgIpc) is 2.38. The molecular weight excluding hydrogens is 246 g/mol. The van der Waals surface area contributed by atoms with Crippen LogP contribution < -0.4 is 10.1 Å². The van der Waals surface area contributed by atoms with Crippen molar-refractivity contribution in [3.63, 3.8) is 0 Å². The molecule has 0 amide bonds. The second-order valence-corrected chi connectivity index (χ2v) is 4.03. The number of carbonyl (C=O) groups excluding carboxylic acids is 1. The van der Waals surface area contributed by atoms with Crippen molar-refractivity contribution >= 4 is 11.8 Å². The fourth-order valence-electron chi connectivity index (χ4n) is 1.76. The summed E-state index contributed by atoms with van der Waals surface area (Å²) < 4.78 is 5.29. The fourth-order valence-corrected chi connectivity index (χ4v) is 1.76. The largest absolute Gasteiger partial charge is 0.494 e. The van der Waals surface area contributed by atoms with Crippen molar-refractivity contribution in [2.75, 3.05) is 13.2 Å². The van der Waals surface area contributed by atoms with Crippen LogP contribution in [-0.4, -0.2) is 36.1 Å². The number of hydrogen-bond acceptors (Lipinski definition) is 4. The van der Waals surface area contributed by atoms with Gasteiger partial charge in [0.25, 0.3) is 0 Å². The normalized spacial score (nSPS) is 11.9. The molecule has 5 nitrogen and oxygen atoms in total. The van der Waals surface area contributed by atoms with E-state index in [1.54, 1.807) is 24.3 Å². The number of Topliss-reactive ketones (excluding diaryl/α,β-unsaturated/α-hetero) is 1. The molecule has 0 aromatic heterocycles. The van der Waals surface area contributed by atoms with Crippen LogP contribution in [-0.2, 0) is 4.79 Å². The summed E-state index contributed by atoms with van der Waals surface area (Å²) in [5.41, 5.74) is 0.482. The number of carboxylic acids is 1. The Balaban J connectivity index is 2.80. The van der Waals surface area contributed by atoms with Crippen LogP contribution in [0, 0.1) is 0 Å². The highest BCUT2D eigenvalue weighted by Crippen LogP contribution is 2.14. The average molecular weight is 265 g/mol. The molecule has 0 saturated heterocycles. The summed E-state index contributed by atoms with van der Waals surface area (Å²) in [5, 5.41) is 11.7. The predicted octanol–water partition coefficient (Wildman–Crippen LogP) is 1.72. The quantitative estimate of drug-likeness (QED) is 0.700. The lowest BCUT2D eigenvalue weighted by Gasteiger charge is -2.14. The van der Waals surface area contributed by atoms with E-state index >= 15 is 0 Å². The molecule has 1 rings (SSSR count). The highest BCUT2D eigenvalue weighted by molar-refractivity contribution is 6.01. The third kappa shape index (κ3) is 4.71. The Morgan fingerprint density at radius 2 is 1.89 bits per heavy atom. The number of hydrogen-bond donors (Lipinski definition) is 2. The first-order valence-corrected chi connectivity index (χ1v) is 6.30. The number of aliphatic carboxylic acids is 1. The molecule has 0 bridgehead atoms. The third-order valence-electron chi connectivity index (χ3n) is 2.60. The van der Waals surface area contributed by atoms with Crippen LogP contribution in [0.3, 0.4) is 0 Å². The van der Waals surface area contributed by atoms with Gasteiger partial charge in [-0.15, -0.1) is 0 Å². The smallest absolute Gasteiger partial charge is 0.305 e. The molecule has 0 radical (unpaired) electrons. The summed E-state index contributed by atoms with van der Waals surface area (Å²) in [5.74, 6) is -0.519. The van der Waals surface area contributed by atoms with E-state index in [-0.39, 0.29) is 12.2 Å². The Labute approximate surface area is 112 Å². The van der Waals surface area contributed by atoms with Crippen molar-refractivity contribution in [1.29, 1.82) is 0 Å². The molecule has 19 heavy (non-hydrogen) atoms. The lowest BCUT2D eigenvalue weighted by Crippen LogP contribution is -2.38. The molecule has 1 unspecified atom stereocenters. The Morgan fingerprint density at radius 3 is 2.37 bits per heavy atom. The SMILES string of the molecule is CCNC(CC(=O)O)C(=O)c1ccc(OCC)cc1. The van der Waals surface area contributed by atoms with Gasteiger partial charge in [0, 0.05) is 5.56 Å². The summed E-state index contributed by atoms with van der Waals surface area (Å²) in [6.07, 6.45) is -0.222. The Bertz CT molecular complexity index is 428. The summed E-state index contributed by atoms with van der Waals surface area (Å²) >= 11 is 0. The van der Waals surface area contributed by atoms with Crippen molar-refractivity contribution in [2.45, 2.75) is 26.3 Å². The number of nitrogens with one attached hydrogen (secondary N) is 1. The number of likely N-dealkylation sites (N-methyl/N-ethyl adjacent to an activating group) is 1. The van der Waals surface area contributed by atoms with Crippen molar-refractivity contribution in [2.24, 2.45) is 0 Å². The second-order valence-electron chi connectivity index (χ2n) is 4.03. The van der Waals surface area contributed by atoms with E-state index in [1.165, 1.54) is 0 Å². The van der Waals surface area contributed by atoms with Gasteiger partial charge in [0.2, 0.25) is 0 Å². The van der Waals surface area contributed by atoms with Gasteiger partial charge in [0.1, 0.15) is 5.75 Å². The Morgan fingerprint density at radius 1 is 1.26 bits per heavy atom. The number of carbonyl (C=O) groups is 2. The molecular formula is C14H19NO4. The molecule has 0 fully saturated rings. The molecule has 0 aliphatic carbocycles. The van der Waals surface area contributed by atoms with Crippen LogP contribution in [0.25, 0.3) is 0 Å². The number of ether oxygens (including phenoxy) is 1. The lowest BCUT2D eigenvalue weighted by molar-refractivity contribution is -0.137. The maximum absolute atomic E-state index is 12.2. The minimum atomic E-state index is -0.995. The van der Waals surface area contributed by atoms with Crippen molar-refractivity contribution < 1.29 is 19.4 Å². The van der Waals surface area contributed by atoms with Crippen LogP contribution in [0.2, 0.25) is 0 Å². The van der Waals surface area contributed by atoms with Gasteiger partial charge in [-0.2, -0.15) is 0 Å². The van der Waals surface area contributed by atoms with Gasteiger partial charge in [-0.05, 0) is 37.7 Å². The van der Waals surface area contributed by atoms with Gasteiger partial charge < -0.3 is 15.2 Å². The van der Waals surface area contributed by atoms with E-state index in [0.717, 1.165) is 0 Å². The molecule has 0 heterocycles. The molecule has 0 spiro atoms. The van der Waals surface area contributed by atoms with Gasteiger partial charge in [-0.3, -0.25) is 9.59 Å². The maximum atomic E-state index is 12.2. The minimum absolute atomic E-state index is 0.215. The van der Waals surface area contributed by atoms with Gasteiger partial charge in [-0.1, -0.05) is 6.92 Å². The van der Waals surface area contributed by atoms with E-state index < -0.39 is 12.0 Å². The summed E-state index contributed by atoms with van der Waals surface area (Å²) in [6, 6.07) is 6.03. The minimum Gasteiger partial charge on any atom is -0.494 e. The van der Waals surface area contributed by atoms with Gasteiger partial charge in [0.05, 0.1) is 19.1 Å². The first kappa shape index (κ1) is 15.2. The molecule has 1 aromatic rings. The zero-order valence-electron chi connectivity index (χ0n) is 11.2. The molecule has 0 aliphatic rings. The molecule has 2 N–H and O–H groups in total. The Kier molecular flexibility index (Phi) is 6.02. The van der Waals surface area contributed by atoms with Crippen molar-refractivity contribution in [1.82, 2.24) is 5.32 Å². The van der Waals surface area contributed by atoms with Crippen LogP contribution >= 0.6 is 0 Å². The van der Waals surface area contributed by atoms with Gasteiger partial charge in [0.15, 0.2) is 5.78 Å². The highest BCUT2D eigenvalue weighted by atomic mass is 16.5. The fraction of sp³-hybridized carbons (Fsp3) is 0.429. The molecule has 5 heteroatoms.